The van der Waals surface area contributed by atoms with Crippen LogP contribution in [0.25, 0.3) is 6.08 Å². The molecule has 1 aliphatic heterocycles. The molecule has 0 fully saturated rings. The van der Waals surface area contributed by atoms with Gasteiger partial charge in [-0.2, -0.15) is 0 Å². The van der Waals surface area contributed by atoms with Crippen LogP contribution in [0.1, 0.15) is 25.0 Å². The van der Waals surface area contributed by atoms with Crippen molar-refractivity contribution in [2.45, 2.75) is 26.4 Å². The number of nitrogens with zero attached hydrogens (tertiary/aromatic N) is 1. The summed E-state index contributed by atoms with van der Waals surface area (Å²) in [5, 5.41) is 0. The molecule has 0 saturated heterocycles. The first kappa shape index (κ1) is 20.5. The van der Waals surface area contributed by atoms with Crippen LogP contribution in [0.5, 0.6) is 11.5 Å². The Labute approximate surface area is 170 Å². The molecule has 0 aliphatic carbocycles. The molecule has 0 saturated carbocycles. The smallest absolute Gasteiger partial charge is 0.344 e. The minimum atomic E-state index is -0.892. The van der Waals surface area contributed by atoms with Crippen LogP contribution >= 0.6 is 0 Å². The quantitative estimate of drug-likeness (QED) is 0.670. The number of carbonyl (C=O) groups excluding carboxylic acids is 2. The molecule has 1 aliphatic rings. The maximum Gasteiger partial charge on any atom is 0.344 e. The third kappa shape index (κ3) is 4.77. The number of esters is 1. The maximum atomic E-state index is 12.7. The molecule has 2 aromatic carbocycles. The molecule has 0 bridgehead atoms. The van der Waals surface area contributed by atoms with E-state index in [9.17, 15) is 9.59 Å². The Morgan fingerprint density at radius 2 is 1.97 bits per heavy atom. The molecular formula is C23H25NO5. The number of carbonyl (C=O) groups is 2. The van der Waals surface area contributed by atoms with Crippen LogP contribution in [0, 0.1) is 0 Å². The van der Waals surface area contributed by atoms with Gasteiger partial charge in [-0.05, 0) is 49.6 Å². The average molecular weight is 395 g/mol. The number of methoxy groups -OCH3 is 1. The highest BCUT2D eigenvalue weighted by Gasteiger charge is 2.29. The Kier molecular flexibility index (Phi) is 6.54. The molecule has 0 spiro atoms. The van der Waals surface area contributed by atoms with Crippen molar-refractivity contribution in [2.24, 2.45) is 0 Å². The van der Waals surface area contributed by atoms with E-state index in [2.05, 4.69) is 0 Å². The molecule has 0 N–H and O–H groups in total. The van der Waals surface area contributed by atoms with Crippen LogP contribution in [0.4, 0.5) is 5.69 Å². The number of hydrogen-bond donors (Lipinski definition) is 0. The predicted molar refractivity (Wildman–Crippen MR) is 111 cm³/mol. The molecular weight excluding hydrogens is 370 g/mol. The van der Waals surface area contributed by atoms with Gasteiger partial charge in [-0.25, -0.2) is 4.79 Å². The van der Waals surface area contributed by atoms with Gasteiger partial charge in [0.2, 0.25) is 0 Å². The summed E-state index contributed by atoms with van der Waals surface area (Å²) in [7, 11) is 1.54. The third-order valence-electron chi connectivity index (χ3n) is 4.70. The minimum Gasteiger partial charge on any atom is -0.493 e. The van der Waals surface area contributed by atoms with E-state index in [1.54, 1.807) is 17.9 Å². The van der Waals surface area contributed by atoms with E-state index >= 15 is 0 Å². The Balaban J connectivity index is 1.56. The second kappa shape index (κ2) is 9.28. The first-order chi connectivity index (χ1) is 14.0. The zero-order valence-electron chi connectivity index (χ0n) is 16.9. The van der Waals surface area contributed by atoms with Gasteiger partial charge in [0.1, 0.15) is 0 Å². The summed E-state index contributed by atoms with van der Waals surface area (Å²) < 4.78 is 16.1. The van der Waals surface area contributed by atoms with Gasteiger partial charge >= 0.3 is 5.97 Å². The first-order valence-corrected chi connectivity index (χ1v) is 9.55. The maximum absolute atomic E-state index is 12.7. The second-order valence-corrected chi connectivity index (χ2v) is 6.70. The lowest BCUT2D eigenvalue weighted by molar-refractivity contribution is -0.155. The molecule has 1 atom stereocenters. The number of fused-ring (bicyclic) bond motifs is 1. The van der Waals surface area contributed by atoms with Crippen LogP contribution in [-0.2, 0) is 20.7 Å². The Morgan fingerprint density at radius 3 is 2.72 bits per heavy atom. The van der Waals surface area contributed by atoms with Crippen molar-refractivity contribution in [1.29, 1.82) is 0 Å². The second-order valence-electron chi connectivity index (χ2n) is 6.70. The molecule has 29 heavy (non-hydrogen) atoms. The zero-order valence-corrected chi connectivity index (χ0v) is 16.9. The molecule has 1 amide bonds. The largest absolute Gasteiger partial charge is 0.493 e. The highest BCUT2D eigenvalue weighted by atomic mass is 16.6. The van der Waals surface area contributed by atoms with Gasteiger partial charge in [0.05, 0.1) is 7.11 Å². The normalized spacial score (nSPS) is 13.8. The zero-order chi connectivity index (χ0) is 20.8. The Hall–Kier alpha value is -3.28. The summed E-state index contributed by atoms with van der Waals surface area (Å²) in [6.45, 7) is 3.78. The van der Waals surface area contributed by atoms with Crippen molar-refractivity contribution in [2.75, 3.05) is 25.2 Å². The molecule has 0 aromatic heterocycles. The molecule has 2 aromatic rings. The third-order valence-corrected chi connectivity index (χ3v) is 4.70. The van der Waals surface area contributed by atoms with Gasteiger partial charge in [-0.1, -0.05) is 36.4 Å². The van der Waals surface area contributed by atoms with Crippen LogP contribution in [0.15, 0.2) is 48.5 Å². The van der Waals surface area contributed by atoms with Crippen molar-refractivity contribution in [3.05, 3.63) is 59.7 Å². The van der Waals surface area contributed by atoms with Crippen molar-refractivity contribution < 1.29 is 23.8 Å². The summed E-state index contributed by atoms with van der Waals surface area (Å²) in [6.07, 6.45) is 3.76. The monoisotopic (exact) mass is 395 g/mol. The summed E-state index contributed by atoms with van der Waals surface area (Å²) in [5.41, 5.74) is 2.96. The van der Waals surface area contributed by atoms with Crippen molar-refractivity contribution >= 4 is 23.6 Å². The topological polar surface area (TPSA) is 65.1 Å². The minimum absolute atomic E-state index is 0.239. The SMILES string of the molecule is C/C=C/c1ccc(OCC(=O)O[C@H](C)C(=O)N2CCc3ccccc32)c(OC)c1. The van der Waals surface area contributed by atoms with Gasteiger partial charge in [0.25, 0.3) is 5.91 Å². The number of benzene rings is 2. The fourth-order valence-corrected chi connectivity index (χ4v) is 3.30. The molecule has 3 rings (SSSR count). The Bertz CT molecular complexity index is 921. The molecule has 0 unspecified atom stereocenters. The van der Waals surface area contributed by atoms with E-state index in [-0.39, 0.29) is 12.5 Å². The average Bonchev–Trinajstić information content (AvgIpc) is 3.16. The van der Waals surface area contributed by atoms with E-state index in [0.717, 1.165) is 23.2 Å². The molecule has 0 radical (unpaired) electrons. The molecule has 152 valence electrons. The van der Waals surface area contributed by atoms with Gasteiger partial charge in [0.15, 0.2) is 24.2 Å². The van der Waals surface area contributed by atoms with Gasteiger partial charge in [-0.3, -0.25) is 4.79 Å². The lowest BCUT2D eigenvalue weighted by Gasteiger charge is -2.21. The number of hydrogen-bond acceptors (Lipinski definition) is 5. The highest BCUT2D eigenvalue weighted by Crippen LogP contribution is 2.29. The van der Waals surface area contributed by atoms with Crippen LogP contribution in [0.3, 0.4) is 0 Å². The fraction of sp³-hybridized carbons (Fsp3) is 0.304. The van der Waals surface area contributed by atoms with E-state index in [0.29, 0.717) is 18.0 Å². The predicted octanol–water partition coefficient (Wildman–Crippen LogP) is 3.63. The standard InChI is InChI=1S/C23H25NO5/c1-4-7-17-10-11-20(21(14-17)27-3)28-15-22(25)29-16(2)23(26)24-13-12-18-8-5-6-9-19(18)24/h4-11,14,16H,12-13,15H2,1-3H3/b7-4+/t16-/m1/s1. The van der Waals surface area contributed by atoms with E-state index in [4.69, 9.17) is 14.2 Å². The van der Waals surface area contributed by atoms with Gasteiger partial charge in [-0.15, -0.1) is 0 Å². The number of amides is 1. The first-order valence-electron chi connectivity index (χ1n) is 9.55. The van der Waals surface area contributed by atoms with E-state index < -0.39 is 12.1 Å². The van der Waals surface area contributed by atoms with E-state index in [1.165, 1.54) is 7.11 Å². The summed E-state index contributed by atoms with van der Waals surface area (Å²) in [6, 6.07) is 13.2. The van der Waals surface area contributed by atoms with Crippen LogP contribution in [-0.4, -0.2) is 38.2 Å². The number of ether oxygens (including phenoxy) is 3. The summed E-state index contributed by atoms with van der Waals surface area (Å²) in [5.74, 6) is 0.103. The number of allylic oxidation sites excluding steroid dienone is 1. The fourth-order valence-electron chi connectivity index (χ4n) is 3.30. The van der Waals surface area contributed by atoms with Gasteiger partial charge < -0.3 is 19.1 Å². The summed E-state index contributed by atoms with van der Waals surface area (Å²) >= 11 is 0. The molecule has 6 nitrogen and oxygen atoms in total. The number of rotatable bonds is 7. The number of para-hydroxylation sites is 1. The van der Waals surface area contributed by atoms with Crippen LogP contribution < -0.4 is 14.4 Å². The molecule has 1 heterocycles. The molecule has 6 heteroatoms. The summed E-state index contributed by atoms with van der Waals surface area (Å²) in [4.78, 5) is 26.6. The number of anilines is 1. The highest BCUT2D eigenvalue weighted by molar-refractivity contribution is 5.99. The van der Waals surface area contributed by atoms with Crippen molar-refractivity contribution in [3.63, 3.8) is 0 Å². The van der Waals surface area contributed by atoms with Crippen LogP contribution in [0.2, 0.25) is 0 Å². The van der Waals surface area contributed by atoms with Gasteiger partial charge in [0, 0.05) is 12.2 Å². The van der Waals surface area contributed by atoms with Crippen molar-refractivity contribution in [1.82, 2.24) is 0 Å². The lowest BCUT2D eigenvalue weighted by atomic mass is 10.2. The van der Waals surface area contributed by atoms with E-state index in [1.807, 2.05) is 55.5 Å². The Morgan fingerprint density at radius 1 is 1.17 bits per heavy atom. The lowest BCUT2D eigenvalue weighted by Crippen LogP contribution is -2.39. The van der Waals surface area contributed by atoms with Crippen molar-refractivity contribution in [3.8, 4) is 11.5 Å².